The summed E-state index contributed by atoms with van der Waals surface area (Å²) in [6.07, 6.45) is 3.49. The first-order valence-electron chi connectivity index (χ1n) is 10.6. The molecular formula is C24H26N6O. The molecule has 2 aromatic heterocycles. The van der Waals surface area contributed by atoms with Gasteiger partial charge in [-0.1, -0.05) is 61.9 Å². The van der Waals surface area contributed by atoms with Crippen LogP contribution in [0.3, 0.4) is 0 Å². The molecule has 0 radical (unpaired) electrons. The first-order chi connectivity index (χ1) is 15.1. The van der Waals surface area contributed by atoms with Crippen molar-refractivity contribution in [3.05, 3.63) is 71.0 Å². The molecule has 0 fully saturated rings. The molecule has 0 saturated carbocycles. The number of carbonyl (C=O) groups excluding carboxylic acids is 1. The predicted molar refractivity (Wildman–Crippen MR) is 120 cm³/mol. The summed E-state index contributed by atoms with van der Waals surface area (Å²) in [5, 5.41) is 19.0. The molecular weight excluding hydrogens is 388 g/mol. The average molecular weight is 415 g/mol. The summed E-state index contributed by atoms with van der Waals surface area (Å²) < 4.78 is 1.85. The molecule has 0 aliphatic carbocycles. The Bertz CT molecular complexity index is 1160. The molecule has 2 heterocycles. The van der Waals surface area contributed by atoms with E-state index < -0.39 is 0 Å². The topological polar surface area (TPSA) is 89.3 Å². The maximum absolute atomic E-state index is 11.9. The second-order valence-electron chi connectivity index (χ2n) is 7.89. The summed E-state index contributed by atoms with van der Waals surface area (Å²) in [6.45, 7) is 6.24. The number of nitrogens with zero attached hydrogens (tertiary/aromatic N) is 5. The molecule has 4 aromatic rings. The molecule has 0 saturated heterocycles. The highest BCUT2D eigenvalue weighted by atomic mass is 16.1. The Hall–Kier alpha value is -3.61. The molecule has 0 aliphatic heterocycles. The lowest BCUT2D eigenvalue weighted by atomic mass is 9.96. The number of aryl methyl sites for hydroxylation is 1. The van der Waals surface area contributed by atoms with Crippen molar-refractivity contribution >= 4 is 6.29 Å². The van der Waals surface area contributed by atoms with Crippen molar-refractivity contribution in [2.45, 2.75) is 46.1 Å². The van der Waals surface area contributed by atoms with Gasteiger partial charge in [0.1, 0.15) is 5.69 Å². The lowest BCUT2D eigenvalue weighted by molar-refractivity contribution is 0.111. The number of hydrogen-bond donors (Lipinski definition) is 1. The number of nitrogens with one attached hydrogen (secondary N) is 1. The zero-order chi connectivity index (χ0) is 21.8. The predicted octanol–water partition coefficient (Wildman–Crippen LogP) is 4.67. The van der Waals surface area contributed by atoms with Crippen LogP contribution in [0, 0.1) is 0 Å². The fourth-order valence-corrected chi connectivity index (χ4v) is 3.90. The van der Waals surface area contributed by atoms with Crippen molar-refractivity contribution in [2.75, 3.05) is 0 Å². The molecule has 7 heteroatoms. The van der Waals surface area contributed by atoms with E-state index >= 15 is 0 Å². The molecule has 4 rings (SSSR count). The summed E-state index contributed by atoms with van der Waals surface area (Å²) >= 11 is 0. The fraction of sp³-hybridized carbons (Fsp3) is 0.292. The highest BCUT2D eigenvalue weighted by molar-refractivity contribution is 5.80. The Morgan fingerprint density at radius 3 is 2.42 bits per heavy atom. The molecule has 2 aromatic carbocycles. The molecule has 0 aliphatic rings. The number of carbonyl (C=O) groups is 1. The number of rotatable bonds is 8. The highest BCUT2D eigenvalue weighted by Gasteiger charge is 2.19. The quantitative estimate of drug-likeness (QED) is 0.423. The van der Waals surface area contributed by atoms with Crippen LogP contribution in [0.4, 0.5) is 0 Å². The molecule has 0 atom stereocenters. The second-order valence-corrected chi connectivity index (χ2v) is 7.89. The smallest absolute Gasteiger partial charge is 0.180 e. The lowest BCUT2D eigenvalue weighted by Gasteiger charge is -2.10. The number of hydrogen-bond acceptors (Lipinski definition) is 5. The van der Waals surface area contributed by atoms with Crippen molar-refractivity contribution in [3.63, 3.8) is 0 Å². The molecule has 1 N–H and O–H groups in total. The minimum absolute atomic E-state index is 0.147. The Morgan fingerprint density at radius 1 is 1.06 bits per heavy atom. The highest BCUT2D eigenvalue weighted by Crippen LogP contribution is 2.30. The third-order valence-electron chi connectivity index (χ3n) is 5.39. The van der Waals surface area contributed by atoms with E-state index in [-0.39, 0.29) is 6.04 Å². The molecule has 0 bridgehead atoms. The van der Waals surface area contributed by atoms with Gasteiger partial charge in [0.15, 0.2) is 12.1 Å². The van der Waals surface area contributed by atoms with Gasteiger partial charge in [0, 0.05) is 23.6 Å². The maximum atomic E-state index is 11.9. The van der Waals surface area contributed by atoms with Gasteiger partial charge >= 0.3 is 0 Å². The van der Waals surface area contributed by atoms with Crippen LogP contribution in [-0.4, -0.2) is 36.7 Å². The van der Waals surface area contributed by atoms with E-state index in [9.17, 15) is 4.79 Å². The number of tetrazole rings is 1. The number of benzene rings is 2. The molecule has 0 amide bonds. The minimum Gasteiger partial charge on any atom is -0.296 e. The summed E-state index contributed by atoms with van der Waals surface area (Å²) in [6, 6.07) is 16.6. The summed E-state index contributed by atoms with van der Waals surface area (Å²) in [5.74, 6) is 0.639. The zero-order valence-electron chi connectivity index (χ0n) is 18.0. The van der Waals surface area contributed by atoms with Crippen LogP contribution in [0.25, 0.3) is 22.5 Å². The van der Waals surface area contributed by atoms with Gasteiger partial charge in [0.05, 0.1) is 5.69 Å². The maximum Gasteiger partial charge on any atom is 0.180 e. The van der Waals surface area contributed by atoms with Gasteiger partial charge in [-0.3, -0.25) is 9.48 Å². The van der Waals surface area contributed by atoms with Gasteiger partial charge in [-0.15, -0.1) is 5.10 Å². The van der Waals surface area contributed by atoms with Gasteiger partial charge in [-0.25, -0.2) is 5.10 Å². The van der Waals surface area contributed by atoms with Gasteiger partial charge in [0.2, 0.25) is 0 Å². The van der Waals surface area contributed by atoms with Crippen molar-refractivity contribution < 1.29 is 4.79 Å². The van der Waals surface area contributed by atoms with Crippen LogP contribution in [0.15, 0.2) is 48.5 Å². The molecule has 158 valence electrons. The third-order valence-corrected chi connectivity index (χ3v) is 5.39. The normalized spacial score (nSPS) is 11.2. The van der Waals surface area contributed by atoms with E-state index in [1.54, 1.807) is 0 Å². The third kappa shape index (κ3) is 4.17. The van der Waals surface area contributed by atoms with Crippen LogP contribution in [-0.2, 0) is 12.8 Å². The lowest BCUT2D eigenvalue weighted by Crippen LogP contribution is -2.08. The van der Waals surface area contributed by atoms with Crippen molar-refractivity contribution in [2.24, 2.45) is 0 Å². The molecule has 7 nitrogen and oxygen atoms in total. The van der Waals surface area contributed by atoms with E-state index in [0.717, 1.165) is 52.6 Å². The Kier molecular flexibility index (Phi) is 6.02. The minimum atomic E-state index is 0.147. The van der Waals surface area contributed by atoms with Crippen molar-refractivity contribution in [1.82, 2.24) is 30.4 Å². The van der Waals surface area contributed by atoms with E-state index in [0.29, 0.717) is 17.9 Å². The van der Waals surface area contributed by atoms with E-state index in [1.807, 2.05) is 22.9 Å². The van der Waals surface area contributed by atoms with E-state index in [1.165, 1.54) is 0 Å². The van der Waals surface area contributed by atoms with Gasteiger partial charge in [-0.05, 0) is 47.4 Å². The first kappa shape index (κ1) is 20.7. The van der Waals surface area contributed by atoms with Crippen LogP contribution < -0.4 is 0 Å². The molecule has 31 heavy (non-hydrogen) atoms. The van der Waals surface area contributed by atoms with Crippen LogP contribution in [0.5, 0.6) is 0 Å². The summed E-state index contributed by atoms with van der Waals surface area (Å²) in [5.41, 5.74) is 6.97. The van der Waals surface area contributed by atoms with Gasteiger partial charge in [0.25, 0.3) is 0 Å². The van der Waals surface area contributed by atoms with E-state index in [2.05, 4.69) is 71.7 Å². The largest absolute Gasteiger partial charge is 0.296 e. The van der Waals surface area contributed by atoms with Crippen LogP contribution in [0.1, 0.15) is 60.5 Å². The summed E-state index contributed by atoms with van der Waals surface area (Å²) in [7, 11) is 0. The first-order valence-corrected chi connectivity index (χ1v) is 10.6. The van der Waals surface area contributed by atoms with Gasteiger partial charge < -0.3 is 0 Å². The fourth-order valence-electron chi connectivity index (χ4n) is 3.90. The van der Waals surface area contributed by atoms with Crippen molar-refractivity contribution in [1.29, 1.82) is 0 Å². The van der Waals surface area contributed by atoms with Crippen molar-refractivity contribution in [3.8, 4) is 22.5 Å². The Balaban J connectivity index is 1.66. The Morgan fingerprint density at radius 2 is 1.81 bits per heavy atom. The second kappa shape index (κ2) is 9.04. The van der Waals surface area contributed by atoms with Gasteiger partial charge in [-0.2, -0.15) is 5.10 Å². The monoisotopic (exact) mass is 414 g/mol. The zero-order valence-corrected chi connectivity index (χ0v) is 18.0. The molecule has 0 spiro atoms. The standard InChI is InChI=1S/C24H26N6O/c1-4-7-22-21(23(15-31)30(27-22)16(2)3)14-17-10-12-18(13-11-17)19-8-5-6-9-20(19)24-25-28-29-26-24/h5-6,8-13,15-16H,4,7,14H2,1-3H3,(H,25,26,28,29). The number of aromatic amines is 1. The van der Waals surface area contributed by atoms with Crippen LogP contribution >= 0.6 is 0 Å². The van der Waals surface area contributed by atoms with E-state index in [4.69, 9.17) is 5.10 Å². The number of aromatic nitrogens is 6. The summed E-state index contributed by atoms with van der Waals surface area (Å²) in [4.78, 5) is 11.9. The Labute approximate surface area is 181 Å². The number of H-pyrrole nitrogens is 1. The average Bonchev–Trinajstić information content (AvgIpc) is 3.43. The number of aldehydes is 1. The molecule has 0 unspecified atom stereocenters. The SMILES string of the molecule is CCCc1nn(C(C)C)c(C=O)c1Cc1ccc(-c2ccccc2-c2nnn[nH]2)cc1. The van der Waals surface area contributed by atoms with Crippen LogP contribution in [0.2, 0.25) is 0 Å².